The van der Waals surface area contributed by atoms with Crippen LogP contribution in [0.2, 0.25) is 0 Å². The second kappa shape index (κ2) is 6.32. The molecular formula is C11H13N5O2. The SMILES string of the molecule is N#Cc1cc(CN(CC(N)=O)CC(N)=O)ccn1. The van der Waals surface area contributed by atoms with Crippen LogP contribution in [-0.2, 0) is 16.1 Å². The minimum absolute atomic E-state index is 0.0762. The smallest absolute Gasteiger partial charge is 0.231 e. The van der Waals surface area contributed by atoms with Gasteiger partial charge in [0, 0.05) is 12.7 Å². The summed E-state index contributed by atoms with van der Waals surface area (Å²) in [5, 5.41) is 8.71. The van der Waals surface area contributed by atoms with E-state index in [2.05, 4.69) is 4.98 Å². The number of carbonyl (C=O) groups excluding carboxylic acids is 2. The topological polar surface area (TPSA) is 126 Å². The van der Waals surface area contributed by atoms with E-state index in [1.165, 1.54) is 11.1 Å². The number of primary amides is 2. The van der Waals surface area contributed by atoms with Crippen molar-refractivity contribution in [2.24, 2.45) is 11.5 Å². The predicted octanol–water partition coefficient (Wildman–Crippen LogP) is -1.27. The third-order valence-corrected chi connectivity index (χ3v) is 2.10. The van der Waals surface area contributed by atoms with E-state index in [4.69, 9.17) is 16.7 Å². The van der Waals surface area contributed by atoms with Crippen LogP contribution in [0.1, 0.15) is 11.3 Å². The van der Waals surface area contributed by atoms with E-state index in [1.807, 2.05) is 6.07 Å². The van der Waals surface area contributed by atoms with Crippen LogP contribution in [-0.4, -0.2) is 34.8 Å². The average molecular weight is 247 g/mol. The average Bonchev–Trinajstić information content (AvgIpc) is 2.27. The number of pyridine rings is 1. The van der Waals surface area contributed by atoms with Crippen molar-refractivity contribution in [3.8, 4) is 6.07 Å². The maximum atomic E-state index is 10.9. The molecule has 0 saturated heterocycles. The molecule has 0 radical (unpaired) electrons. The zero-order chi connectivity index (χ0) is 13.5. The molecule has 0 fully saturated rings. The summed E-state index contributed by atoms with van der Waals surface area (Å²) in [6.07, 6.45) is 1.49. The highest BCUT2D eigenvalue weighted by Gasteiger charge is 2.12. The van der Waals surface area contributed by atoms with Gasteiger partial charge in [0.1, 0.15) is 11.8 Å². The van der Waals surface area contributed by atoms with Crippen LogP contribution in [0.25, 0.3) is 0 Å². The van der Waals surface area contributed by atoms with Crippen LogP contribution in [0.4, 0.5) is 0 Å². The molecule has 0 aliphatic rings. The molecule has 7 nitrogen and oxygen atoms in total. The highest BCUT2D eigenvalue weighted by atomic mass is 16.2. The van der Waals surface area contributed by atoms with Gasteiger partial charge in [-0.1, -0.05) is 0 Å². The van der Waals surface area contributed by atoms with Gasteiger partial charge >= 0.3 is 0 Å². The van der Waals surface area contributed by atoms with Gasteiger partial charge in [0.2, 0.25) is 11.8 Å². The summed E-state index contributed by atoms with van der Waals surface area (Å²) in [5.41, 5.74) is 11.2. The van der Waals surface area contributed by atoms with Crippen molar-refractivity contribution in [2.75, 3.05) is 13.1 Å². The zero-order valence-electron chi connectivity index (χ0n) is 9.67. The molecule has 0 unspecified atom stereocenters. The van der Waals surface area contributed by atoms with Gasteiger partial charge in [-0.2, -0.15) is 5.26 Å². The molecule has 0 atom stereocenters. The van der Waals surface area contributed by atoms with E-state index in [-0.39, 0.29) is 18.8 Å². The molecule has 94 valence electrons. The van der Waals surface area contributed by atoms with Gasteiger partial charge < -0.3 is 11.5 Å². The molecule has 0 saturated carbocycles. The van der Waals surface area contributed by atoms with Crippen LogP contribution in [0.3, 0.4) is 0 Å². The van der Waals surface area contributed by atoms with Gasteiger partial charge in [-0.15, -0.1) is 0 Å². The minimum atomic E-state index is -0.550. The zero-order valence-corrected chi connectivity index (χ0v) is 9.67. The number of aromatic nitrogens is 1. The minimum Gasteiger partial charge on any atom is -0.369 e. The lowest BCUT2D eigenvalue weighted by atomic mass is 10.2. The molecule has 1 rings (SSSR count). The Morgan fingerprint density at radius 1 is 1.33 bits per heavy atom. The van der Waals surface area contributed by atoms with Crippen LogP contribution >= 0.6 is 0 Å². The number of hydrogen-bond donors (Lipinski definition) is 2. The third-order valence-electron chi connectivity index (χ3n) is 2.10. The summed E-state index contributed by atoms with van der Waals surface area (Å²) in [6.45, 7) is 0.142. The van der Waals surface area contributed by atoms with E-state index in [1.54, 1.807) is 12.1 Å². The molecule has 0 bridgehead atoms. The second-order valence-electron chi connectivity index (χ2n) is 3.74. The van der Waals surface area contributed by atoms with Crippen molar-refractivity contribution in [2.45, 2.75) is 6.54 Å². The fourth-order valence-electron chi connectivity index (χ4n) is 1.50. The van der Waals surface area contributed by atoms with Gasteiger partial charge in [-0.25, -0.2) is 4.98 Å². The summed E-state index contributed by atoms with van der Waals surface area (Å²) < 4.78 is 0. The Morgan fingerprint density at radius 2 is 1.94 bits per heavy atom. The standard InChI is InChI=1S/C11H13N5O2/c12-4-9-3-8(1-2-15-9)5-16(6-10(13)17)7-11(14)18/h1-3H,5-7H2,(H2,13,17)(H2,14,18). The number of nitrogens with zero attached hydrogens (tertiary/aromatic N) is 3. The Hall–Kier alpha value is -2.46. The van der Waals surface area contributed by atoms with E-state index in [0.717, 1.165) is 5.56 Å². The highest BCUT2D eigenvalue weighted by molar-refractivity contribution is 5.79. The van der Waals surface area contributed by atoms with E-state index >= 15 is 0 Å². The number of carbonyl (C=O) groups is 2. The Morgan fingerprint density at radius 3 is 2.44 bits per heavy atom. The fraction of sp³-hybridized carbons (Fsp3) is 0.273. The summed E-state index contributed by atoms with van der Waals surface area (Å²) in [4.78, 5) is 27.1. The van der Waals surface area contributed by atoms with Crippen molar-refractivity contribution in [1.82, 2.24) is 9.88 Å². The fourth-order valence-corrected chi connectivity index (χ4v) is 1.50. The van der Waals surface area contributed by atoms with Gasteiger partial charge in [0.05, 0.1) is 13.1 Å². The van der Waals surface area contributed by atoms with Crippen molar-refractivity contribution < 1.29 is 9.59 Å². The molecule has 0 aliphatic carbocycles. The molecule has 1 heterocycles. The number of nitrogens with two attached hydrogens (primary N) is 2. The number of rotatable bonds is 6. The number of amides is 2. The normalized spacial score (nSPS) is 10.0. The van der Waals surface area contributed by atoms with E-state index in [0.29, 0.717) is 6.54 Å². The molecule has 0 aromatic carbocycles. The van der Waals surface area contributed by atoms with Crippen molar-refractivity contribution in [1.29, 1.82) is 5.26 Å². The molecule has 1 aromatic heterocycles. The third kappa shape index (κ3) is 4.59. The molecule has 4 N–H and O–H groups in total. The number of nitriles is 1. The van der Waals surface area contributed by atoms with Crippen LogP contribution < -0.4 is 11.5 Å². The Balaban J connectivity index is 2.78. The monoisotopic (exact) mass is 247 g/mol. The van der Waals surface area contributed by atoms with Crippen LogP contribution in [0.5, 0.6) is 0 Å². The first-order chi connectivity index (χ1) is 8.51. The van der Waals surface area contributed by atoms with E-state index < -0.39 is 11.8 Å². The van der Waals surface area contributed by atoms with Crippen molar-refractivity contribution in [3.05, 3.63) is 29.6 Å². The first-order valence-electron chi connectivity index (χ1n) is 5.15. The van der Waals surface area contributed by atoms with Gasteiger partial charge in [0.25, 0.3) is 0 Å². The Kier molecular flexibility index (Phi) is 4.78. The van der Waals surface area contributed by atoms with Gasteiger partial charge in [-0.3, -0.25) is 14.5 Å². The van der Waals surface area contributed by atoms with Crippen LogP contribution in [0.15, 0.2) is 18.3 Å². The summed E-state index contributed by atoms with van der Waals surface area (Å²) in [7, 11) is 0. The molecule has 7 heteroatoms. The molecule has 0 aliphatic heterocycles. The molecule has 18 heavy (non-hydrogen) atoms. The lowest BCUT2D eigenvalue weighted by Crippen LogP contribution is -2.39. The quantitative estimate of drug-likeness (QED) is 0.647. The van der Waals surface area contributed by atoms with Gasteiger partial charge in [-0.05, 0) is 17.7 Å². The summed E-state index contributed by atoms with van der Waals surface area (Å²) in [6, 6.07) is 5.18. The predicted molar refractivity (Wildman–Crippen MR) is 62.6 cm³/mol. The second-order valence-corrected chi connectivity index (χ2v) is 3.74. The van der Waals surface area contributed by atoms with Crippen LogP contribution in [0, 0.1) is 11.3 Å². The number of hydrogen-bond acceptors (Lipinski definition) is 5. The molecule has 1 aromatic rings. The van der Waals surface area contributed by atoms with Crippen molar-refractivity contribution in [3.63, 3.8) is 0 Å². The maximum Gasteiger partial charge on any atom is 0.231 e. The van der Waals surface area contributed by atoms with Crippen molar-refractivity contribution >= 4 is 11.8 Å². The Bertz CT molecular complexity index is 478. The molecular weight excluding hydrogens is 234 g/mol. The summed E-state index contributed by atoms with van der Waals surface area (Å²) in [5.74, 6) is -1.10. The molecule has 0 spiro atoms. The lowest BCUT2D eigenvalue weighted by Gasteiger charge is -2.18. The first-order valence-corrected chi connectivity index (χ1v) is 5.15. The largest absolute Gasteiger partial charge is 0.369 e. The summed E-state index contributed by atoms with van der Waals surface area (Å²) >= 11 is 0. The Labute approximate surface area is 104 Å². The lowest BCUT2D eigenvalue weighted by molar-refractivity contribution is -0.122. The first kappa shape index (κ1) is 13.6. The highest BCUT2D eigenvalue weighted by Crippen LogP contribution is 2.05. The van der Waals surface area contributed by atoms with Gasteiger partial charge in [0.15, 0.2) is 0 Å². The van der Waals surface area contributed by atoms with E-state index in [9.17, 15) is 9.59 Å². The molecule has 2 amide bonds. The maximum absolute atomic E-state index is 10.9.